The van der Waals surface area contributed by atoms with Gasteiger partial charge in [0.05, 0.1) is 5.69 Å². The van der Waals surface area contributed by atoms with Crippen molar-refractivity contribution in [2.24, 2.45) is 5.92 Å². The molecule has 0 spiro atoms. The Morgan fingerprint density at radius 3 is 2.72 bits per heavy atom. The zero-order valence-electron chi connectivity index (χ0n) is 10.7. The van der Waals surface area contributed by atoms with Crippen molar-refractivity contribution in [2.75, 3.05) is 30.8 Å². The highest BCUT2D eigenvalue weighted by molar-refractivity contribution is 7.89. The lowest BCUT2D eigenvalue weighted by atomic mass is 10.2. The summed E-state index contributed by atoms with van der Waals surface area (Å²) in [5.74, 6) is 0.590. The quantitative estimate of drug-likeness (QED) is 0.803. The molecule has 0 amide bonds. The van der Waals surface area contributed by atoms with E-state index in [1.807, 2.05) is 0 Å². The third-order valence-electron chi connectivity index (χ3n) is 3.31. The van der Waals surface area contributed by atoms with Crippen LogP contribution in [-0.4, -0.2) is 28.6 Å². The minimum atomic E-state index is -3.48. The molecule has 0 radical (unpaired) electrons. The summed E-state index contributed by atoms with van der Waals surface area (Å²) in [7, 11) is -2.07. The molecule has 1 aliphatic rings. The molecule has 100 valence electrons. The predicted molar refractivity (Wildman–Crippen MR) is 73.1 cm³/mol. The summed E-state index contributed by atoms with van der Waals surface area (Å²) in [5.41, 5.74) is 6.89. The van der Waals surface area contributed by atoms with Crippen LogP contribution in [0.5, 0.6) is 0 Å². The van der Waals surface area contributed by atoms with Crippen molar-refractivity contribution >= 4 is 21.4 Å². The van der Waals surface area contributed by atoms with E-state index in [0.717, 1.165) is 25.2 Å². The SMILES string of the molecule is CNS(=O)(=O)c1cc(N)ccc1N1CCC(C)C1. The maximum absolute atomic E-state index is 12.0. The molecule has 0 saturated carbocycles. The van der Waals surface area contributed by atoms with Crippen molar-refractivity contribution in [1.82, 2.24) is 4.72 Å². The van der Waals surface area contributed by atoms with Crippen LogP contribution in [0.3, 0.4) is 0 Å². The van der Waals surface area contributed by atoms with Gasteiger partial charge in [-0.1, -0.05) is 6.92 Å². The zero-order chi connectivity index (χ0) is 13.3. The molecule has 1 fully saturated rings. The van der Waals surface area contributed by atoms with E-state index in [2.05, 4.69) is 16.5 Å². The van der Waals surface area contributed by atoms with Crippen molar-refractivity contribution in [3.63, 3.8) is 0 Å². The Kier molecular flexibility index (Phi) is 3.49. The standard InChI is InChI=1S/C12H19N3O2S/c1-9-5-6-15(8-9)11-4-3-10(13)7-12(11)18(16,17)14-2/h3-4,7,9,14H,5-6,8,13H2,1-2H3. The number of nitrogens with zero attached hydrogens (tertiary/aromatic N) is 1. The maximum atomic E-state index is 12.0. The molecule has 1 heterocycles. The number of nitrogens with one attached hydrogen (secondary N) is 1. The van der Waals surface area contributed by atoms with E-state index in [1.54, 1.807) is 12.1 Å². The highest BCUT2D eigenvalue weighted by Crippen LogP contribution is 2.31. The molecule has 1 aliphatic heterocycles. The molecule has 1 atom stereocenters. The lowest BCUT2D eigenvalue weighted by molar-refractivity contribution is 0.588. The van der Waals surface area contributed by atoms with E-state index in [1.165, 1.54) is 13.1 Å². The van der Waals surface area contributed by atoms with Crippen molar-refractivity contribution in [3.8, 4) is 0 Å². The fourth-order valence-corrected chi connectivity index (χ4v) is 3.25. The molecule has 18 heavy (non-hydrogen) atoms. The second-order valence-electron chi connectivity index (χ2n) is 4.77. The second kappa shape index (κ2) is 4.78. The van der Waals surface area contributed by atoms with Crippen LogP contribution in [-0.2, 0) is 10.0 Å². The van der Waals surface area contributed by atoms with Gasteiger partial charge in [-0.25, -0.2) is 13.1 Å². The minimum absolute atomic E-state index is 0.263. The van der Waals surface area contributed by atoms with Crippen LogP contribution >= 0.6 is 0 Å². The van der Waals surface area contributed by atoms with Gasteiger partial charge in [0.15, 0.2) is 0 Å². The number of anilines is 2. The first-order chi connectivity index (χ1) is 8.44. The molecular formula is C12H19N3O2S. The molecular weight excluding hydrogens is 250 g/mol. The molecule has 0 aliphatic carbocycles. The van der Waals surface area contributed by atoms with Crippen LogP contribution in [0.1, 0.15) is 13.3 Å². The highest BCUT2D eigenvalue weighted by Gasteiger charge is 2.25. The summed E-state index contributed by atoms with van der Waals surface area (Å²) >= 11 is 0. The Labute approximate surface area is 108 Å². The molecule has 0 bridgehead atoms. The van der Waals surface area contributed by atoms with Gasteiger partial charge in [0.25, 0.3) is 0 Å². The third kappa shape index (κ3) is 2.44. The van der Waals surface area contributed by atoms with Gasteiger partial charge in [0.2, 0.25) is 10.0 Å². The molecule has 1 saturated heterocycles. The lowest BCUT2D eigenvalue weighted by Gasteiger charge is -2.21. The number of nitrogens with two attached hydrogens (primary N) is 1. The first kappa shape index (κ1) is 13.2. The number of rotatable bonds is 3. The number of nitrogen functional groups attached to an aromatic ring is 1. The fourth-order valence-electron chi connectivity index (χ4n) is 2.27. The van der Waals surface area contributed by atoms with Crippen LogP contribution in [0.25, 0.3) is 0 Å². The molecule has 2 rings (SSSR count). The van der Waals surface area contributed by atoms with Gasteiger partial charge in [0, 0.05) is 18.8 Å². The first-order valence-corrected chi connectivity index (χ1v) is 7.50. The average Bonchev–Trinajstić information content (AvgIpc) is 2.75. The topological polar surface area (TPSA) is 75.4 Å². The Balaban J connectivity index is 2.48. The van der Waals surface area contributed by atoms with E-state index in [0.29, 0.717) is 11.6 Å². The van der Waals surface area contributed by atoms with Gasteiger partial charge in [-0.15, -0.1) is 0 Å². The number of benzene rings is 1. The van der Waals surface area contributed by atoms with Crippen molar-refractivity contribution < 1.29 is 8.42 Å². The van der Waals surface area contributed by atoms with Gasteiger partial charge in [-0.2, -0.15) is 0 Å². The van der Waals surface area contributed by atoms with Crippen molar-refractivity contribution in [2.45, 2.75) is 18.2 Å². The Morgan fingerprint density at radius 2 is 2.17 bits per heavy atom. The highest BCUT2D eigenvalue weighted by atomic mass is 32.2. The smallest absolute Gasteiger partial charge is 0.242 e. The van der Waals surface area contributed by atoms with Gasteiger partial charge in [-0.05, 0) is 37.6 Å². The van der Waals surface area contributed by atoms with E-state index in [-0.39, 0.29) is 4.90 Å². The summed E-state index contributed by atoms with van der Waals surface area (Å²) in [6.07, 6.45) is 1.09. The summed E-state index contributed by atoms with van der Waals surface area (Å²) in [6, 6.07) is 5.05. The molecule has 1 unspecified atom stereocenters. The Hall–Kier alpha value is -1.27. The van der Waals surface area contributed by atoms with Gasteiger partial charge < -0.3 is 10.6 Å². The number of hydrogen-bond acceptors (Lipinski definition) is 4. The van der Waals surface area contributed by atoms with Crippen molar-refractivity contribution in [1.29, 1.82) is 0 Å². The second-order valence-corrected chi connectivity index (χ2v) is 6.63. The van der Waals surface area contributed by atoms with E-state index in [9.17, 15) is 8.42 Å². The van der Waals surface area contributed by atoms with Gasteiger partial charge in [-0.3, -0.25) is 0 Å². The van der Waals surface area contributed by atoms with Crippen LogP contribution in [0, 0.1) is 5.92 Å². The molecule has 1 aromatic rings. The lowest BCUT2D eigenvalue weighted by Crippen LogP contribution is -2.25. The monoisotopic (exact) mass is 269 g/mol. The summed E-state index contributed by atoms with van der Waals surface area (Å²) in [5, 5.41) is 0. The van der Waals surface area contributed by atoms with Crippen LogP contribution in [0.15, 0.2) is 23.1 Å². The molecule has 6 heteroatoms. The van der Waals surface area contributed by atoms with E-state index in [4.69, 9.17) is 5.73 Å². The number of sulfonamides is 1. The minimum Gasteiger partial charge on any atom is -0.399 e. The fraction of sp³-hybridized carbons (Fsp3) is 0.500. The summed E-state index contributed by atoms with van der Waals surface area (Å²) in [4.78, 5) is 2.37. The summed E-state index contributed by atoms with van der Waals surface area (Å²) < 4.78 is 26.4. The van der Waals surface area contributed by atoms with Crippen LogP contribution in [0.4, 0.5) is 11.4 Å². The predicted octanol–water partition coefficient (Wildman–Crippen LogP) is 1.02. The number of hydrogen-bond donors (Lipinski definition) is 2. The Bertz CT molecular complexity index is 542. The van der Waals surface area contributed by atoms with E-state index >= 15 is 0 Å². The molecule has 5 nitrogen and oxygen atoms in total. The average molecular weight is 269 g/mol. The van der Waals surface area contributed by atoms with Crippen molar-refractivity contribution in [3.05, 3.63) is 18.2 Å². The molecule has 3 N–H and O–H groups in total. The molecule has 1 aromatic carbocycles. The normalized spacial score (nSPS) is 20.3. The van der Waals surface area contributed by atoms with Crippen LogP contribution < -0.4 is 15.4 Å². The first-order valence-electron chi connectivity index (χ1n) is 6.02. The van der Waals surface area contributed by atoms with Gasteiger partial charge in [0.1, 0.15) is 4.90 Å². The Morgan fingerprint density at radius 1 is 1.44 bits per heavy atom. The molecule has 0 aromatic heterocycles. The largest absolute Gasteiger partial charge is 0.399 e. The third-order valence-corrected chi connectivity index (χ3v) is 4.75. The summed E-state index contributed by atoms with van der Waals surface area (Å²) in [6.45, 7) is 3.94. The maximum Gasteiger partial charge on any atom is 0.242 e. The van der Waals surface area contributed by atoms with E-state index < -0.39 is 10.0 Å². The van der Waals surface area contributed by atoms with Crippen LogP contribution in [0.2, 0.25) is 0 Å². The van der Waals surface area contributed by atoms with Gasteiger partial charge >= 0.3 is 0 Å². The zero-order valence-corrected chi connectivity index (χ0v) is 11.5.